The van der Waals surface area contributed by atoms with E-state index < -0.39 is 0 Å². The van der Waals surface area contributed by atoms with Crippen molar-refractivity contribution in [1.82, 2.24) is 4.90 Å². The third kappa shape index (κ3) is 3.81. The van der Waals surface area contributed by atoms with E-state index in [2.05, 4.69) is 6.58 Å². The molecule has 9 heteroatoms. The van der Waals surface area contributed by atoms with Crippen LogP contribution in [0.1, 0.15) is 0 Å². The van der Waals surface area contributed by atoms with Crippen molar-refractivity contribution >= 4 is 46.0 Å². The summed E-state index contributed by atoms with van der Waals surface area (Å²) in [5.41, 5.74) is 1.66. The molecule has 3 heterocycles. The molecule has 0 radical (unpaired) electrons. The molecule has 1 saturated heterocycles. The number of benzene rings is 3. The van der Waals surface area contributed by atoms with Crippen molar-refractivity contribution in [3.05, 3.63) is 83.3 Å². The summed E-state index contributed by atoms with van der Waals surface area (Å²) in [4.78, 5) is 23.7. The molecule has 0 N–H and O–H groups in total. The van der Waals surface area contributed by atoms with Crippen LogP contribution in [0.4, 0.5) is 11.4 Å². The van der Waals surface area contributed by atoms with Crippen LogP contribution in [0.25, 0.3) is 0 Å². The molecule has 0 spiro atoms. The van der Waals surface area contributed by atoms with Gasteiger partial charge in [0.25, 0.3) is 5.91 Å². The summed E-state index contributed by atoms with van der Waals surface area (Å²) >= 11 is 2.93. The van der Waals surface area contributed by atoms with Crippen LogP contribution < -0.4 is 19.1 Å². The van der Waals surface area contributed by atoms with E-state index in [1.54, 1.807) is 29.8 Å². The molecule has 36 heavy (non-hydrogen) atoms. The minimum absolute atomic E-state index is 0.0979. The van der Waals surface area contributed by atoms with E-state index in [0.717, 1.165) is 21.4 Å². The van der Waals surface area contributed by atoms with Crippen molar-refractivity contribution in [2.24, 2.45) is 4.99 Å². The number of nitrogens with zero attached hydrogens (tertiary/aromatic N) is 3. The molecule has 3 aliphatic rings. The molecule has 1 amide bonds. The lowest BCUT2D eigenvalue weighted by Gasteiger charge is -2.20. The maximum absolute atomic E-state index is 13.5. The number of hydrogen-bond donors (Lipinski definition) is 0. The standard InChI is InChI=1S/C27H21N3O4S2/c1-4-13-30-25(31)24(26-29(2)18-15-17(32-3)10-12-23(18)35-26)36-27(30)28-16-9-11-21-22(14-16)34-20-8-6-5-7-19(20)33-21/h4-12,14-15H,1,13H2,2-3H3/b26-24-,28-27?. The van der Waals surface area contributed by atoms with Gasteiger partial charge in [-0.15, -0.1) is 6.58 Å². The number of fused-ring (bicyclic) bond motifs is 3. The molecule has 3 aromatic carbocycles. The Morgan fingerprint density at radius 1 is 1.00 bits per heavy atom. The van der Waals surface area contributed by atoms with Gasteiger partial charge in [-0.3, -0.25) is 9.69 Å². The van der Waals surface area contributed by atoms with Crippen molar-refractivity contribution in [1.29, 1.82) is 0 Å². The SMILES string of the molecule is C=CCN1C(=O)/C(=C2/Sc3ccc(OC)cc3N2C)SC1=Nc1ccc2c(c1)Oc1ccccc1O2. The summed E-state index contributed by atoms with van der Waals surface area (Å²) in [7, 11) is 3.60. The van der Waals surface area contributed by atoms with Crippen molar-refractivity contribution in [3.8, 4) is 28.7 Å². The summed E-state index contributed by atoms with van der Waals surface area (Å²) in [5.74, 6) is 3.20. The van der Waals surface area contributed by atoms with E-state index in [0.29, 0.717) is 45.3 Å². The van der Waals surface area contributed by atoms with Gasteiger partial charge < -0.3 is 19.1 Å². The van der Waals surface area contributed by atoms with Gasteiger partial charge >= 0.3 is 0 Å². The monoisotopic (exact) mass is 515 g/mol. The van der Waals surface area contributed by atoms with E-state index in [-0.39, 0.29) is 5.91 Å². The molecule has 7 nitrogen and oxygen atoms in total. The molecule has 0 atom stereocenters. The van der Waals surface area contributed by atoms with Crippen molar-refractivity contribution < 1.29 is 19.0 Å². The topological polar surface area (TPSA) is 63.6 Å². The summed E-state index contributed by atoms with van der Waals surface area (Å²) < 4.78 is 17.3. The van der Waals surface area contributed by atoms with Gasteiger partial charge in [0.05, 0.1) is 23.5 Å². The molecule has 180 valence electrons. The first kappa shape index (κ1) is 22.6. The quantitative estimate of drug-likeness (QED) is 0.220. The minimum atomic E-state index is -0.0979. The van der Waals surface area contributed by atoms with Crippen molar-refractivity contribution in [2.75, 3.05) is 25.6 Å². The number of ether oxygens (including phenoxy) is 3. The van der Waals surface area contributed by atoms with Gasteiger partial charge in [-0.25, -0.2) is 4.99 Å². The maximum atomic E-state index is 13.5. The number of rotatable bonds is 4. The van der Waals surface area contributed by atoms with Crippen LogP contribution in [-0.4, -0.2) is 36.7 Å². The van der Waals surface area contributed by atoms with Crippen LogP contribution in [-0.2, 0) is 4.79 Å². The molecule has 0 saturated carbocycles. The van der Waals surface area contributed by atoms with Crippen LogP contribution in [0.2, 0.25) is 0 Å². The molecule has 0 bridgehead atoms. The van der Waals surface area contributed by atoms with Crippen LogP contribution in [0.3, 0.4) is 0 Å². The number of aliphatic imine (C=N–C) groups is 1. The Morgan fingerprint density at radius 2 is 1.75 bits per heavy atom. The van der Waals surface area contributed by atoms with Crippen LogP contribution >= 0.6 is 23.5 Å². The zero-order valence-electron chi connectivity index (χ0n) is 19.6. The van der Waals surface area contributed by atoms with Crippen molar-refractivity contribution in [2.45, 2.75) is 4.90 Å². The smallest absolute Gasteiger partial charge is 0.269 e. The third-order valence-corrected chi connectivity index (χ3v) is 8.28. The largest absolute Gasteiger partial charge is 0.497 e. The molecule has 0 unspecified atom stereocenters. The van der Waals surface area contributed by atoms with E-state index in [1.807, 2.05) is 72.6 Å². The molecule has 0 aliphatic carbocycles. The van der Waals surface area contributed by atoms with E-state index in [9.17, 15) is 4.79 Å². The Balaban J connectivity index is 1.34. The summed E-state index contributed by atoms with van der Waals surface area (Å²) in [6.07, 6.45) is 1.70. The first-order valence-corrected chi connectivity index (χ1v) is 12.8. The molecular weight excluding hydrogens is 494 g/mol. The van der Waals surface area contributed by atoms with Crippen LogP contribution in [0, 0.1) is 0 Å². The number of amidine groups is 1. The van der Waals surface area contributed by atoms with Crippen molar-refractivity contribution in [3.63, 3.8) is 0 Å². The minimum Gasteiger partial charge on any atom is -0.497 e. The van der Waals surface area contributed by atoms with Gasteiger partial charge in [-0.05, 0) is 48.2 Å². The highest BCUT2D eigenvalue weighted by molar-refractivity contribution is 8.19. The fourth-order valence-corrected chi connectivity index (χ4v) is 6.39. The average Bonchev–Trinajstić information content (AvgIpc) is 3.38. The predicted octanol–water partition coefficient (Wildman–Crippen LogP) is 6.75. The fraction of sp³-hybridized carbons (Fsp3) is 0.111. The van der Waals surface area contributed by atoms with Gasteiger partial charge in [0, 0.05) is 30.6 Å². The second-order valence-corrected chi connectivity index (χ2v) is 10.1. The fourth-order valence-electron chi connectivity index (χ4n) is 4.06. The number of hydrogen-bond acceptors (Lipinski definition) is 8. The third-order valence-electron chi connectivity index (χ3n) is 5.85. The lowest BCUT2D eigenvalue weighted by Crippen LogP contribution is -2.29. The van der Waals surface area contributed by atoms with Gasteiger partial charge in [-0.2, -0.15) is 0 Å². The van der Waals surface area contributed by atoms with Gasteiger partial charge in [0.2, 0.25) is 0 Å². The van der Waals surface area contributed by atoms with E-state index >= 15 is 0 Å². The second kappa shape index (κ2) is 9.00. The number of carbonyl (C=O) groups is 1. The number of carbonyl (C=O) groups excluding carboxylic acids is 1. The summed E-state index contributed by atoms with van der Waals surface area (Å²) in [6, 6.07) is 18.9. The maximum Gasteiger partial charge on any atom is 0.269 e. The van der Waals surface area contributed by atoms with E-state index in [1.165, 1.54) is 11.8 Å². The first-order chi connectivity index (χ1) is 17.6. The highest BCUT2D eigenvalue weighted by Crippen LogP contribution is 2.51. The van der Waals surface area contributed by atoms with Crippen LogP contribution in [0.15, 0.2) is 93.1 Å². The molecule has 1 fully saturated rings. The Labute approximate surface area is 217 Å². The molecule has 3 aliphatic heterocycles. The summed E-state index contributed by atoms with van der Waals surface area (Å²) in [5, 5.41) is 1.45. The Hall–Kier alpha value is -3.82. The molecule has 6 rings (SSSR count). The van der Waals surface area contributed by atoms with Gasteiger partial charge in [0.1, 0.15) is 10.7 Å². The van der Waals surface area contributed by atoms with Gasteiger partial charge in [0.15, 0.2) is 28.2 Å². The molecule has 3 aromatic rings. The lowest BCUT2D eigenvalue weighted by molar-refractivity contribution is -0.121. The zero-order chi connectivity index (χ0) is 24.8. The Kier molecular flexibility index (Phi) is 5.66. The predicted molar refractivity (Wildman–Crippen MR) is 144 cm³/mol. The zero-order valence-corrected chi connectivity index (χ0v) is 21.2. The second-order valence-electron chi connectivity index (χ2n) is 8.11. The number of para-hydroxylation sites is 2. The van der Waals surface area contributed by atoms with E-state index in [4.69, 9.17) is 19.2 Å². The molecular formula is C27H21N3O4S2. The normalized spacial score (nSPS) is 18.9. The number of amides is 1. The highest BCUT2D eigenvalue weighted by atomic mass is 32.2. The Morgan fingerprint density at radius 3 is 2.50 bits per heavy atom. The molecule has 0 aromatic heterocycles. The number of methoxy groups -OCH3 is 1. The van der Waals surface area contributed by atoms with Crippen LogP contribution in [0.5, 0.6) is 28.7 Å². The number of thioether (sulfide) groups is 2. The highest BCUT2D eigenvalue weighted by Gasteiger charge is 2.39. The average molecular weight is 516 g/mol. The Bertz CT molecular complexity index is 1480. The first-order valence-electron chi connectivity index (χ1n) is 11.2. The summed E-state index contributed by atoms with van der Waals surface area (Å²) in [6.45, 7) is 4.18. The van der Waals surface area contributed by atoms with Gasteiger partial charge in [-0.1, -0.05) is 30.0 Å². The lowest BCUT2D eigenvalue weighted by atomic mass is 10.2. The number of anilines is 1.